The van der Waals surface area contributed by atoms with Gasteiger partial charge in [0.1, 0.15) is 0 Å². The molecule has 0 amide bonds. The van der Waals surface area contributed by atoms with Crippen molar-refractivity contribution in [1.82, 2.24) is 4.57 Å². The third-order valence-corrected chi connectivity index (χ3v) is 2.28. The molecule has 0 spiro atoms. The smallest absolute Gasteiger partial charge is 0.418 e. The van der Waals surface area contributed by atoms with Crippen molar-refractivity contribution in [3.63, 3.8) is 0 Å². The molecule has 6 nitrogen and oxygen atoms in total. The molecule has 1 heterocycles. The third kappa shape index (κ3) is 1.40. The minimum absolute atomic E-state index is 0.0276. The maximum Gasteiger partial charge on any atom is 0.418 e. The molecular weight excluding hydrogens is 212 g/mol. The van der Waals surface area contributed by atoms with Crippen LogP contribution in [-0.2, 0) is 4.74 Å². The van der Waals surface area contributed by atoms with Gasteiger partial charge >= 0.3 is 6.09 Å². The van der Waals surface area contributed by atoms with E-state index in [0.29, 0.717) is 10.9 Å². The zero-order valence-electron chi connectivity index (χ0n) is 8.41. The Morgan fingerprint density at radius 1 is 1.44 bits per heavy atom. The van der Waals surface area contributed by atoms with E-state index in [1.54, 1.807) is 6.07 Å². The van der Waals surface area contributed by atoms with E-state index >= 15 is 0 Å². The van der Waals surface area contributed by atoms with Gasteiger partial charge in [-0.3, -0.25) is 14.7 Å². The Morgan fingerprint density at radius 2 is 2.19 bits per heavy atom. The number of carbonyl (C=O) groups excluding carboxylic acids is 1. The predicted molar refractivity (Wildman–Crippen MR) is 56.4 cm³/mol. The van der Waals surface area contributed by atoms with Crippen molar-refractivity contribution in [2.75, 3.05) is 7.11 Å². The molecule has 0 atom stereocenters. The molecule has 0 fully saturated rings. The van der Waals surface area contributed by atoms with Crippen molar-refractivity contribution in [3.8, 4) is 0 Å². The summed E-state index contributed by atoms with van der Waals surface area (Å²) in [6.45, 7) is 0. The molecule has 16 heavy (non-hydrogen) atoms. The summed E-state index contributed by atoms with van der Waals surface area (Å²) in [6, 6.07) is 6.06. The quantitative estimate of drug-likeness (QED) is 0.545. The number of hydrogen-bond donors (Lipinski definition) is 0. The van der Waals surface area contributed by atoms with Gasteiger partial charge in [0.25, 0.3) is 5.69 Å². The van der Waals surface area contributed by atoms with Gasteiger partial charge in [0.15, 0.2) is 0 Å². The lowest BCUT2D eigenvalue weighted by Gasteiger charge is -2.01. The summed E-state index contributed by atoms with van der Waals surface area (Å²) in [5, 5.41) is 11.2. The zero-order valence-corrected chi connectivity index (χ0v) is 8.41. The first-order chi connectivity index (χ1) is 7.65. The first kappa shape index (κ1) is 10.2. The number of nitro groups is 1. The first-order valence-corrected chi connectivity index (χ1v) is 4.48. The molecule has 0 saturated carbocycles. The maximum absolute atomic E-state index is 11.3. The third-order valence-electron chi connectivity index (χ3n) is 2.28. The second-order valence-corrected chi connectivity index (χ2v) is 3.12. The van der Waals surface area contributed by atoms with E-state index in [1.807, 2.05) is 0 Å². The molecule has 0 bridgehead atoms. The average Bonchev–Trinajstić information content (AvgIpc) is 2.71. The predicted octanol–water partition coefficient (Wildman–Crippen LogP) is 2.16. The molecule has 1 aromatic heterocycles. The molecule has 0 unspecified atom stereocenters. The number of carbonyl (C=O) groups is 1. The van der Waals surface area contributed by atoms with Crippen LogP contribution >= 0.6 is 0 Å². The lowest BCUT2D eigenvalue weighted by molar-refractivity contribution is -0.383. The molecule has 0 saturated heterocycles. The van der Waals surface area contributed by atoms with E-state index in [0.717, 1.165) is 0 Å². The summed E-state index contributed by atoms with van der Waals surface area (Å²) in [7, 11) is 1.26. The molecule has 2 rings (SSSR count). The number of nitro benzene ring substituents is 1. The van der Waals surface area contributed by atoms with Gasteiger partial charge in [-0.1, -0.05) is 6.07 Å². The Balaban J connectivity index is 2.71. The van der Waals surface area contributed by atoms with Crippen molar-refractivity contribution in [2.45, 2.75) is 0 Å². The van der Waals surface area contributed by atoms with Crippen LogP contribution in [0.15, 0.2) is 30.5 Å². The van der Waals surface area contributed by atoms with Gasteiger partial charge in [-0.15, -0.1) is 0 Å². The molecule has 1 aromatic carbocycles. The minimum Gasteiger partial charge on any atom is -0.452 e. The SMILES string of the molecule is COC(=O)n1ccc2c([N+](=O)[O-])cccc21. The summed E-state index contributed by atoms with van der Waals surface area (Å²) in [5.41, 5.74) is 0.432. The van der Waals surface area contributed by atoms with Gasteiger partial charge in [-0.2, -0.15) is 0 Å². The topological polar surface area (TPSA) is 74.4 Å². The molecule has 2 aromatic rings. The van der Waals surface area contributed by atoms with Crippen LogP contribution in [0.3, 0.4) is 0 Å². The number of non-ortho nitro benzene ring substituents is 1. The number of ether oxygens (including phenoxy) is 1. The Bertz CT molecular complexity index is 573. The van der Waals surface area contributed by atoms with Crippen molar-refractivity contribution < 1.29 is 14.5 Å². The van der Waals surface area contributed by atoms with Gasteiger partial charge in [0, 0.05) is 12.3 Å². The fourth-order valence-electron chi connectivity index (χ4n) is 1.57. The Hall–Kier alpha value is -2.37. The summed E-state index contributed by atoms with van der Waals surface area (Å²) in [6.07, 6.45) is 0.874. The first-order valence-electron chi connectivity index (χ1n) is 4.48. The molecule has 0 aliphatic rings. The van der Waals surface area contributed by atoms with Gasteiger partial charge in [0.05, 0.1) is 22.9 Å². The molecule has 0 N–H and O–H groups in total. The number of rotatable bonds is 1. The number of benzene rings is 1. The van der Waals surface area contributed by atoms with Crippen molar-refractivity contribution in [2.24, 2.45) is 0 Å². The Labute approximate surface area is 90.2 Å². The van der Waals surface area contributed by atoms with Crippen LogP contribution in [0.4, 0.5) is 10.5 Å². The van der Waals surface area contributed by atoms with Crippen LogP contribution in [0, 0.1) is 10.1 Å². The van der Waals surface area contributed by atoms with Gasteiger partial charge in [0.2, 0.25) is 0 Å². The van der Waals surface area contributed by atoms with Crippen LogP contribution in [0.5, 0.6) is 0 Å². The van der Waals surface area contributed by atoms with Crippen LogP contribution in [0.25, 0.3) is 10.9 Å². The highest BCUT2D eigenvalue weighted by atomic mass is 16.6. The van der Waals surface area contributed by atoms with Crippen LogP contribution in [0.2, 0.25) is 0 Å². The van der Waals surface area contributed by atoms with E-state index in [1.165, 1.54) is 36.1 Å². The van der Waals surface area contributed by atoms with Gasteiger partial charge < -0.3 is 4.74 Å². The molecule has 0 aliphatic heterocycles. The van der Waals surface area contributed by atoms with Crippen LogP contribution < -0.4 is 0 Å². The van der Waals surface area contributed by atoms with E-state index < -0.39 is 11.0 Å². The number of fused-ring (bicyclic) bond motifs is 1. The molecule has 6 heteroatoms. The summed E-state index contributed by atoms with van der Waals surface area (Å²) in [5.74, 6) is 0. The minimum atomic E-state index is -0.574. The highest BCUT2D eigenvalue weighted by Crippen LogP contribution is 2.26. The van der Waals surface area contributed by atoms with Crippen molar-refractivity contribution >= 4 is 22.7 Å². The standard InChI is InChI=1S/C10H8N2O4/c1-16-10(13)11-6-5-7-8(11)3-2-4-9(7)12(14)15/h2-6H,1H3. The maximum atomic E-state index is 11.3. The lowest BCUT2D eigenvalue weighted by Crippen LogP contribution is -2.09. The van der Waals surface area contributed by atoms with E-state index in [-0.39, 0.29) is 5.69 Å². The number of nitrogens with zero attached hydrogens (tertiary/aromatic N) is 2. The summed E-state index contributed by atoms with van der Waals surface area (Å²) >= 11 is 0. The fourth-order valence-corrected chi connectivity index (χ4v) is 1.57. The number of methoxy groups -OCH3 is 1. The normalized spacial score (nSPS) is 10.3. The Kier molecular flexibility index (Phi) is 2.32. The molecule has 82 valence electrons. The highest BCUT2D eigenvalue weighted by molar-refractivity contribution is 5.94. The van der Waals surface area contributed by atoms with Crippen LogP contribution in [-0.4, -0.2) is 22.7 Å². The highest BCUT2D eigenvalue weighted by Gasteiger charge is 2.16. The second-order valence-electron chi connectivity index (χ2n) is 3.12. The average molecular weight is 220 g/mol. The Morgan fingerprint density at radius 3 is 2.81 bits per heavy atom. The van der Waals surface area contributed by atoms with Crippen LogP contribution in [0.1, 0.15) is 0 Å². The van der Waals surface area contributed by atoms with Crippen molar-refractivity contribution in [3.05, 3.63) is 40.6 Å². The summed E-state index contributed by atoms with van der Waals surface area (Å²) in [4.78, 5) is 21.6. The van der Waals surface area contributed by atoms with Crippen molar-refractivity contribution in [1.29, 1.82) is 0 Å². The number of hydrogen-bond acceptors (Lipinski definition) is 4. The zero-order chi connectivity index (χ0) is 11.7. The van der Waals surface area contributed by atoms with E-state index in [4.69, 9.17) is 0 Å². The van der Waals surface area contributed by atoms with Gasteiger partial charge in [-0.25, -0.2) is 4.79 Å². The molecule has 0 radical (unpaired) electrons. The largest absolute Gasteiger partial charge is 0.452 e. The van der Waals surface area contributed by atoms with Gasteiger partial charge in [-0.05, 0) is 12.1 Å². The monoisotopic (exact) mass is 220 g/mol. The molecule has 0 aliphatic carbocycles. The number of aromatic nitrogens is 1. The lowest BCUT2D eigenvalue weighted by atomic mass is 10.2. The summed E-state index contributed by atoms with van der Waals surface area (Å²) < 4.78 is 5.78. The molecular formula is C10H8N2O4. The second kappa shape index (κ2) is 3.65. The van der Waals surface area contributed by atoms with E-state index in [9.17, 15) is 14.9 Å². The fraction of sp³-hybridized carbons (Fsp3) is 0.100. The van der Waals surface area contributed by atoms with E-state index in [2.05, 4.69) is 4.74 Å².